The molecule has 0 radical (unpaired) electrons. The molecule has 84 valence electrons. The molecule has 0 aliphatic heterocycles. The molecule has 0 spiro atoms. The lowest BCUT2D eigenvalue weighted by atomic mass is 10.1. The van der Waals surface area contributed by atoms with Crippen LogP contribution in [0.4, 0.5) is 0 Å². The highest BCUT2D eigenvalue weighted by Crippen LogP contribution is 2.28. The number of benzene rings is 2. The number of hydrogen-bond donors (Lipinski definition) is 0. The van der Waals surface area contributed by atoms with Crippen molar-refractivity contribution in [3.8, 4) is 10.9 Å². The fraction of sp³-hybridized carbons (Fsp3) is 0. The van der Waals surface area contributed by atoms with Gasteiger partial charge >= 0.3 is 0 Å². The topological polar surface area (TPSA) is 22.1 Å². The minimum atomic E-state index is 0.668. The summed E-state index contributed by atoms with van der Waals surface area (Å²) in [6.07, 6.45) is 1.73. The first-order valence-corrected chi connectivity index (χ1v) is 6.75. The number of aromatic nitrogens is 1. The van der Waals surface area contributed by atoms with Gasteiger partial charge in [0.1, 0.15) is 5.75 Å². The van der Waals surface area contributed by atoms with Crippen molar-refractivity contribution in [2.45, 2.75) is 0 Å². The van der Waals surface area contributed by atoms with Crippen molar-refractivity contribution in [1.29, 1.82) is 0 Å². The summed E-state index contributed by atoms with van der Waals surface area (Å²) in [7, 11) is 0. The summed E-state index contributed by atoms with van der Waals surface area (Å²) in [5, 5.41) is 4.91. The molecule has 0 atom stereocenters. The van der Waals surface area contributed by atoms with Crippen molar-refractivity contribution >= 4 is 38.0 Å². The summed E-state index contributed by atoms with van der Waals surface area (Å²) in [4.78, 5) is 4.09. The van der Waals surface area contributed by atoms with Crippen molar-refractivity contribution < 1.29 is 4.74 Å². The van der Waals surface area contributed by atoms with Crippen LogP contribution >= 0.6 is 27.3 Å². The maximum Gasteiger partial charge on any atom is 0.278 e. The van der Waals surface area contributed by atoms with Crippen LogP contribution in [0.15, 0.2) is 52.4 Å². The molecule has 2 aromatic carbocycles. The summed E-state index contributed by atoms with van der Waals surface area (Å²) in [6.45, 7) is 0. The van der Waals surface area contributed by atoms with Gasteiger partial charge in [-0.05, 0) is 35.0 Å². The van der Waals surface area contributed by atoms with Crippen molar-refractivity contribution in [3.05, 3.63) is 52.4 Å². The summed E-state index contributed by atoms with van der Waals surface area (Å²) >= 11 is 4.94. The molecular weight excluding hydrogens is 298 g/mol. The largest absolute Gasteiger partial charge is 0.431 e. The van der Waals surface area contributed by atoms with Gasteiger partial charge in [0.25, 0.3) is 5.19 Å². The molecule has 0 unspecified atom stereocenters. The van der Waals surface area contributed by atoms with Crippen LogP contribution in [0.5, 0.6) is 10.9 Å². The van der Waals surface area contributed by atoms with E-state index in [0.29, 0.717) is 5.19 Å². The van der Waals surface area contributed by atoms with Crippen molar-refractivity contribution in [3.63, 3.8) is 0 Å². The van der Waals surface area contributed by atoms with Crippen LogP contribution in [0, 0.1) is 0 Å². The average molecular weight is 306 g/mol. The van der Waals surface area contributed by atoms with Gasteiger partial charge in [-0.1, -0.05) is 39.4 Å². The van der Waals surface area contributed by atoms with Gasteiger partial charge in [0.2, 0.25) is 0 Å². The highest BCUT2D eigenvalue weighted by atomic mass is 79.9. The van der Waals surface area contributed by atoms with Crippen molar-refractivity contribution in [2.75, 3.05) is 0 Å². The van der Waals surface area contributed by atoms with E-state index >= 15 is 0 Å². The third kappa shape index (κ3) is 2.33. The molecule has 0 saturated heterocycles. The third-order valence-electron chi connectivity index (χ3n) is 2.39. The van der Waals surface area contributed by atoms with Crippen molar-refractivity contribution in [1.82, 2.24) is 4.98 Å². The lowest BCUT2D eigenvalue weighted by Crippen LogP contribution is -1.83. The van der Waals surface area contributed by atoms with E-state index < -0.39 is 0 Å². The Kier molecular flexibility index (Phi) is 2.82. The number of rotatable bonds is 2. The van der Waals surface area contributed by atoms with Gasteiger partial charge in [-0.2, -0.15) is 0 Å². The SMILES string of the molecule is Brc1ccc2cc(Oc3nccs3)ccc2c1. The Morgan fingerprint density at radius 2 is 1.88 bits per heavy atom. The van der Waals surface area contributed by atoms with Crippen LogP contribution < -0.4 is 4.74 Å². The van der Waals surface area contributed by atoms with Crippen molar-refractivity contribution in [2.24, 2.45) is 0 Å². The molecule has 0 N–H and O–H groups in total. The second-order valence-electron chi connectivity index (χ2n) is 3.55. The maximum absolute atomic E-state index is 5.65. The van der Waals surface area contributed by atoms with Gasteiger partial charge in [0.15, 0.2) is 0 Å². The third-order valence-corrected chi connectivity index (χ3v) is 3.53. The smallest absolute Gasteiger partial charge is 0.278 e. The Morgan fingerprint density at radius 3 is 2.71 bits per heavy atom. The molecule has 0 aliphatic carbocycles. The minimum Gasteiger partial charge on any atom is -0.431 e. The second-order valence-corrected chi connectivity index (χ2v) is 5.33. The molecule has 0 saturated carbocycles. The normalized spacial score (nSPS) is 10.6. The van der Waals surface area contributed by atoms with Gasteiger partial charge in [-0.15, -0.1) is 0 Å². The van der Waals surface area contributed by atoms with Gasteiger partial charge < -0.3 is 4.74 Å². The molecule has 3 aromatic rings. The Balaban J connectivity index is 1.99. The zero-order valence-electron chi connectivity index (χ0n) is 8.76. The molecule has 17 heavy (non-hydrogen) atoms. The van der Waals surface area contributed by atoms with Crippen LogP contribution in [0.3, 0.4) is 0 Å². The summed E-state index contributed by atoms with van der Waals surface area (Å²) in [5.41, 5.74) is 0. The van der Waals surface area contributed by atoms with Gasteiger partial charge in [0, 0.05) is 16.0 Å². The predicted octanol–water partition coefficient (Wildman–Crippen LogP) is 4.85. The van der Waals surface area contributed by atoms with Crippen LogP contribution in [0.1, 0.15) is 0 Å². The second kappa shape index (κ2) is 4.47. The van der Waals surface area contributed by atoms with E-state index in [2.05, 4.69) is 33.0 Å². The lowest BCUT2D eigenvalue weighted by molar-refractivity contribution is 0.479. The first-order valence-electron chi connectivity index (χ1n) is 5.08. The highest BCUT2D eigenvalue weighted by molar-refractivity contribution is 9.10. The van der Waals surface area contributed by atoms with Crippen LogP contribution in [-0.2, 0) is 0 Å². The standard InChI is InChI=1S/C13H8BrNOS/c14-11-3-1-10-8-12(4-2-9(10)7-11)16-13-15-5-6-17-13/h1-8H. The van der Waals surface area contributed by atoms with Crippen LogP contribution in [-0.4, -0.2) is 4.98 Å². The zero-order chi connectivity index (χ0) is 11.7. The molecule has 2 nitrogen and oxygen atoms in total. The van der Waals surface area contributed by atoms with Gasteiger partial charge in [-0.25, -0.2) is 4.98 Å². The quantitative estimate of drug-likeness (QED) is 0.675. The fourth-order valence-electron chi connectivity index (χ4n) is 1.62. The molecular formula is C13H8BrNOS. The Bertz CT molecular complexity index is 652. The van der Waals surface area contributed by atoms with E-state index in [0.717, 1.165) is 15.6 Å². The average Bonchev–Trinajstić information content (AvgIpc) is 2.82. The van der Waals surface area contributed by atoms with Crippen LogP contribution in [0.2, 0.25) is 0 Å². The number of ether oxygens (including phenoxy) is 1. The fourth-order valence-corrected chi connectivity index (χ4v) is 2.50. The number of halogens is 1. The summed E-state index contributed by atoms with van der Waals surface area (Å²) in [6, 6.07) is 12.2. The van der Waals surface area contributed by atoms with E-state index in [-0.39, 0.29) is 0 Å². The molecule has 4 heteroatoms. The Morgan fingerprint density at radius 1 is 1.06 bits per heavy atom. The van der Waals surface area contributed by atoms with Crippen LogP contribution in [0.25, 0.3) is 10.8 Å². The van der Waals surface area contributed by atoms with E-state index in [4.69, 9.17) is 4.74 Å². The maximum atomic E-state index is 5.65. The molecule has 1 aromatic heterocycles. The van der Waals surface area contributed by atoms with E-state index in [9.17, 15) is 0 Å². The van der Waals surface area contributed by atoms with E-state index in [1.165, 1.54) is 16.7 Å². The first-order chi connectivity index (χ1) is 8.31. The monoisotopic (exact) mass is 305 g/mol. The molecule has 3 rings (SSSR count). The summed E-state index contributed by atoms with van der Waals surface area (Å²) < 4.78 is 6.73. The van der Waals surface area contributed by atoms with Gasteiger partial charge in [0.05, 0.1) is 0 Å². The molecule has 0 amide bonds. The highest BCUT2D eigenvalue weighted by Gasteiger charge is 2.01. The molecule has 0 bridgehead atoms. The number of hydrogen-bond acceptors (Lipinski definition) is 3. The molecule has 1 heterocycles. The minimum absolute atomic E-state index is 0.668. The first kappa shape index (κ1) is 10.7. The predicted molar refractivity (Wildman–Crippen MR) is 73.8 cm³/mol. The lowest BCUT2D eigenvalue weighted by Gasteiger charge is -2.04. The number of fused-ring (bicyclic) bond motifs is 1. The number of thiazole rings is 1. The zero-order valence-corrected chi connectivity index (χ0v) is 11.2. The molecule has 0 aliphatic rings. The van der Waals surface area contributed by atoms with Gasteiger partial charge in [-0.3, -0.25) is 0 Å². The molecule has 0 fully saturated rings. The Labute approximate surface area is 111 Å². The number of nitrogens with zero attached hydrogens (tertiary/aromatic N) is 1. The summed E-state index contributed by atoms with van der Waals surface area (Å²) in [5.74, 6) is 0.815. The Hall–Kier alpha value is -1.39. The van der Waals surface area contributed by atoms with E-state index in [1.54, 1.807) is 6.20 Å². The van der Waals surface area contributed by atoms with E-state index in [1.807, 2.05) is 29.6 Å².